The molecule has 1 aromatic carbocycles. The van der Waals surface area contributed by atoms with Crippen molar-refractivity contribution in [2.75, 3.05) is 11.9 Å². The Bertz CT molecular complexity index is 465. The summed E-state index contributed by atoms with van der Waals surface area (Å²) in [5.74, 6) is 0.187. The molecule has 2 rings (SSSR count). The minimum absolute atomic E-state index is 0.0780. The van der Waals surface area contributed by atoms with Crippen LogP contribution in [-0.4, -0.2) is 23.8 Å². The SMILES string of the molecule is Cc1ccc(NC(=O)N[C@H]2CCC[C@H]2CO)c(Br)c1. The highest BCUT2D eigenvalue weighted by Gasteiger charge is 2.27. The summed E-state index contributed by atoms with van der Waals surface area (Å²) in [7, 11) is 0. The van der Waals surface area contributed by atoms with Gasteiger partial charge in [-0.3, -0.25) is 0 Å². The standard InChI is InChI=1S/C14H19BrN2O2/c1-9-5-6-13(11(15)7-9)17-14(19)16-12-4-2-3-10(12)8-18/h5-7,10,12,18H,2-4,8H2,1H3,(H2,16,17,19)/t10-,12-/m0/s1. The number of aliphatic hydroxyl groups excluding tert-OH is 1. The first kappa shape index (κ1) is 14.3. The van der Waals surface area contributed by atoms with Gasteiger partial charge in [0.05, 0.1) is 5.69 Å². The number of halogens is 1. The van der Waals surface area contributed by atoms with Crippen molar-refractivity contribution in [3.8, 4) is 0 Å². The van der Waals surface area contributed by atoms with Gasteiger partial charge in [-0.1, -0.05) is 12.5 Å². The van der Waals surface area contributed by atoms with Crippen LogP contribution in [0.2, 0.25) is 0 Å². The van der Waals surface area contributed by atoms with Crippen LogP contribution >= 0.6 is 15.9 Å². The van der Waals surface area contributed by atoms with Crippen LogP contribution in [0.15, 0.2) is 22.7 Å². The number of amides is 2. The molecule has 1 aliphatic rings. The zero-order chi connectivity index (χ0) is 13.8. The van der Waals surface area contributed by atoms with Crippen LogP contribution in [0.25, 0.3) is 0 Å². The Morgan fingerprint density at radius 2 is 2.26 bits per heavy atom. The van der Waals surface area contributed by atoms with Gasteiger partial charge in [-0.05, 0) is 53.4 Å². The molecule has 2 atom stereocenters. The smallest absolute Gasteiger partial charge is 0.319 e. The van der Waals surface area contributed by atoms with Gasteiger partial charge in [-0.2, -0.15) is 0 Å². The molecule has 104 valence electrons. The van der Waals surface area contributed by atoms with Crippen LogP contribution in [0.4, 0.5) is 10.5 Å². The van der Waals surface area contributed by atoms with Crippen LogP contribution in [0.3, 0.4) is 0 Å². The number of hydrogen-bond donors (Lipinski definition) is 3. The summed E-state index contributed by atoms with van der Waals surface area (Å²) < 4.78 is 0.868. The molecule has 0 aromatic heterocycles. The maximum Gasteiger partial charge on any atom is 0.319 e. The predicted molar refractivity (Wildman–Crippen MR) is 79.2 cm³/mol. The van der Waals surface area contributed by atoms with Crippen LogP contribution in [0.1, 0.15) is 24.8 Å². The molecule has 0 saturated heterocycles. The van der Waals surface area contributed by atoms with Crippen molar-refractivity contribution in [2.45, 2.75) is 32.2 Å². The maximum absolute atomic E-state index is 11.9. The molecule has 3 N–H and O–H groups in total. The molecular formula is C14H19BrN2O2. The van der Waals surface area contributed by atoms with Gasteiger partial charge in [0, 0.05) is 23.0 Å². The molecule has 1 saturated carbocycles. The summed E-state index contributed by atoms with van der Waals surface area (Å²) in [5, 5.41) is 15.0. The van der Waals surface area contributed by atoms with E-state index in [1.807, 2.05) is 25.1 Å². The fraction of sp³-hybridized carbons (Fsp3) is 0.500. The molecule has 0 spiro atoms. The van der Waals surface area contributed by atoms with Crippen molar-refractivity contribution in [2.24, 2.45) is 5.92 Å². The van der Waals surface area contributed by atoms with E-state index in [0.29, 0.717) is 0 Å². The van der Waals surface area contributed by atoms with Crippen molar-refractivity contribution in [1.82, 2.24) is 5.32 Å². The summed E-state index contributed by atoms with van der Waals surface area (Å²) in [6.45, 7) is 2.14. The van der Waals surface area contributed by atoms with Gasteiger partial charge in [-0.25, -0.2) is 4.79 Å². The van der Waals surface area contributed by atoms with Crippen molar-refractivity contribution in [1.29, 1.82) is 0 Å². The van der Waals surface area contributed by atoms with Gasteiger partial charge in [0.1, 0.15) is 0 Å². The van der Waals surface area contributed by atoms with Crippen molar-refractivity contribution in [3.05, 3.63) is 28.2 Å². The Morgan fingerprint density at radius 3 is 2.95 bits per heavy atom. The van der Waals surface area contributed by atoms with E-state index < -0.39 is 0 Å². The van der Waals surface area contributed by atoms with Gasteiger partial charge < -0.3 is 15.7 Å². The van der Waals surface area contributed by atoms with Gasteiger partial charge in [0.2, 0.25) is 0 Å². The topological polar surface area (TPSA) is 61.4 Å². The molecule has 1 aliphatic carbocycles. The van der Waals surface area contributed by atoms with Gasteiger partial charge in [-0.15, -0.1) is 0 Å². The average Bonchev–Trinajstić information content (AvgIpc) is 2.80. The second-order valence-corrected chi connectivity index (χ2v) is 5.92. The Kier molecular flexibility index (Phi) is 4.82. The number of aliphatic hydroxyl groups is 1. The Balaban J connectivity index is 1.94. The Morgan fingerprint density at radius 1 is 1.47 bits per heavy atom. The third-order valence-electron chi connectivity index (χ3n) is 3.58. The van der Waals surface area contributed by atoms with E-state index in [0.717, 1.165) is 35.0 Å². The number of benzene rings is 1. The van der Waals surface area contributed by atoms with E-state index in [1.54, 1.807) is 0 Å². The normalized spacial score (nSPS) is 22.3. The second-order valence-electron chi connectivity index (χ2n) is 5.06. The maximum atomic E-state index is 11.9. The number of nitrogens with one attached hydrogen (secondary N) is 2. The van der Waals surface area contributed by atoms with Crippen LogP contribution in [-0.2, 0) is 0 Å². The molecule has 0 radical (unpaired) electrons. The molecular weight excluding hydrogens is 308 g/mol. The highest BCUT2D eigenvalue weighted by atomic mass is 79.9. The first-order chi connectivity index (χ1) is 9.10. The van der Waals surface area contributed by atoms with Crippen LogP contribution in [0, 0.1) is 12.8 Å². The minimum Gasteiger partial charge on any atom is -0.396 e. The molecule has 0 unspecified atom stereocenters. The molecule has 0 bridgehead atoms. The van der Waals surface area contributed by atoms with Crippen LogP contribution in [0.5, 0.6) is 0 Å². The van der Waals surface area contributed by atoms with Gasteiger partial charge in [0.25, 0.3) is 0 Å². The zero-order valence-electron chi connectivity index (χ0n) is 10.9. The van der Waals surface area contributed by atoms with Gasteiger partial charge in [0.15, 0.2) is 0 Å². The fourth-order valence-electron chi connectivity index (χ4n) is 2.49. The summed E-state index contributed by atoms with van der Waals surface area (Å²) in [6.07, 6.45) is 2.98. The van der Waals surface area contributed by atoms with E-state index in [9.17, 15) is 9.90 Å². The lowest BCUT2D eigenvalue weighted by molar-refractivity contribution is 0.203. The summed E-state index contributed by atoms with van der Waals surface area (Å²) >= 11 is 3.43. The minimum atomic E-state index is -0.213. The average molecular weight is 327 g/mol. The molecule has 0 aliphatic heterocycles. The highest BCUT2D eigenvalue weighted by molar-refractivity contribution is 9.10. The van der Waals surface area contributed by atoms with Crippen molar-refractivity contribution >= 4 is 27.6 Å². The lowest BCUT2D eigenvalue weighted by atomic mass is 10.1. The number of carbonyl (C=O) groups excluding carboxylic acids is 1. The second kappa shape index (κ2) is 6.39. The summed E-state index contributed by atoms with van der Waals surface area (Å²) in [6, 6.07) is 5.65. The highest BCUT2D eigenvalue weighted by Crippen LogP contribution is 2.26. The zero-order valence-corrected chi connectivity index (χ0v) is 12.5. The van der Waals surface area contributed by atoms with E-state index in [4.69, 9.17) is 0 Å². The molecule has 1 fully saturated rings. The third kappa shape index (κ3) is 3.70. The Labute approximate surface area is 121 Å². The predicted octanol–water partition coefficient (Wildman–Crippen LogP) is 3.04. The number of carbonyl (C=O) groups is 1. The number of anilines is 1. The van der Waals surface area contributed by atoms with Crippen LogP contribution < -0.4 is 10.6 Å². The lowest BCUT2D eigenvalue weighted by Gasteiger charge is -2.19. The van der Waals surface area contributed by atoms with E-state index >= 15 is 0 Å². The number of rotatable bonds is 3. The Hall–Kier alpha value is -1.07. The van der Waals surface area contributed by atoms with E-state index in [1.165, 1.54) is 0 Å². The van der Waals surface area contributed by atoms with E-state index in [2.05, 4.69) is 26.6 Å². The monoisotopic (exact) mass is 326 g/mol. The quantitative estimate of drug-likeness (QED) is 0.799. The molecule has 1 aromatic rings. The van der Waals surface area contributed by atoms with Crippen molar-refractivity contribution in [3.63, 3.8) is 0 Å². The number of aryl methyl sites for hydroxylation is 1. The summed E-state index contributed by atoms with van der Waals surface area (Å²) in [4.78, 5) is 11.9. The number of hydrogen-bond acceptors (Lipinski definition) is 2. The third-order valence-corrected chi connectivity index (χ3v) is 4.24. The molecule has 2 amide bonds. The number of urea groups is 1. The first-order valence-electron chi connectivity index (χ1n) is 6.54. The first-order valence-corrected chi connectivity index (χ1v) is 7.34. The lowest BCUT2D eigenvalue weighted by Crippen LogP contribution is -2.41. The molecule has 4 nitrogen and oxygen atoms in total. The molecule has 19 heavy (non-hydrogen) atoms. The largest absolute Gasteiger partial charge is 0.396 e. The molecule has 0 heterocycles. The van der Waals surface area contributed by atoms with Gasteiger partial charge >= 0.3 is 6.03 Å². The van der Waals surface area contributed by atoms with Crippen molar-refractivity contribution < 1.29 is 9.90 Å². The summed E-state index contributed by atoms with van der Waals surface area (Å²) in [5.41, 5.74) is 1.88. The van der Waals surface area contributed by atoms with E-state index in [-0.39, 0.29) is 24.6 Å². The fourth-order valence-corrected chi connectivity index (χ4v) is 3.09. The molecule has 5 heteroatoms.